The highest BCUT2D eigenvalue weighted by Crippen LogP contribution is 2.48. The van der Waals surface area contributed by atoms with Gasteiger partial charge in [-0.3, -0.25) is 4.79 Å². The summed E-state index contributed by atoms with van der Waals surface area (Å²) in [4.78, 5) is 26.5. The van der Waals surface area contributed by atoms with Crippen molar-refractivity contribution in [2.45, 2.75) is 23.5 Å². The molecule has 1 fully saturated rings. The van der Waals surface area contributed by atoms with E-state index >= 15 is 0 Å². The van der Waals surface area contributed by atoms with Gasteiger partial charge in [-0.2, -0.15) is 0 Å². The van der Waals surface area contributed by atoms with Crippen molar-refractivity contribution in [3.05, 3.63) is 22.6 Å². The van der Waals surface area contributed by atoms with Gasteiger partial charge in [0.05, 0.1) is 22.9 Å². The van der Waals surface area contributed by atoms with Crippen LogP contribution in [0.25, 0.3) is 0 Å². The fraction of sp³-hybridized carbons (Fsp3) is 0.500. The number of hydrogen-bond donors (Lipinski definition) is 1. The molecule has 0 saturated carbocycles. The number of benzene rings is 1. The zero-order valence-corrected chi connectivity index (χ0v) is 12.8. The predicted octanol–water partition coefficient (Wildman–Crippen LogP) is 2.39. The van der Waals surface area contributed by atoms with Crippen LogP contribution in [0.5, 0.6) is 0 Å². The SMILES string of the molecule is CC1(C)Sc2cc(N3CCOCC3)c([N+](=O)O)cc2C1=O. The van der Waals surface area contributed by atoms with E-state index in [-0.39, 0.29) is 16.4 Å². The van der Waals surface area contributed by atoms with Gasteiger partial charge in [0.15, 0.2) is 5.78 Å². The van der Waals surface area contributed by atoms with Crippen molar-refractivity contribution < 1.29 is 19.7 Å². The Balaban J connectivity index is 2.09. The van der Waals surface area contributed by atoms with Crippen LogP contribution >= 0.6 is 11.8 Å². The number of Topliss-reactive ketones (excluding diaryl/α,β-unsaturated/α-hetero) is 1. The number of anilines is 1. The Morgan fingerprint density at radius 2 is 2.00 bits per heavy atom. The highest BCUT2D eigenvalue weighted by Gasteiger charge is 2.41. The Morgan fingerprint density at radius 1 is 1.33 bits per heavy atom. The average Bonchev–Trinajstić information content (AvgIpc) is 2.68. The summed E-state index contributed by atoms with van der Waals surface area (Å²) in [6.07, 6.45) is 0. The zero-order chi connectivity index (χ0) is 15.2. The van der Waals surface area contributed by atoms with Crippen molar-refractivity contribution in [2.75, 3.05) is 31.2 Å². The fourth-order valence-electron chi connectivity index (χ4n) is 2.68. The van der Waals surface area contributed by atoms with E-state index in [1.165, 1.54) is 17.8 Å². The smallest absolute Gasteiger partial charge is 0.340 e. The van der Waals surface area contributed by atoms with Crippen LogP contribution in [-0.4, -0.2) is 47.0 Å². The third kappa shape index (κ3) is 2.40. The van der Waals surface area contributed by atoms with Crippen LogP contribution in [0, 0.1) is 4.91 Å². The van der Waals surface area contributed by atoms with Crippen molar-refractivity contribution in [3.8, 4) is 0 Å². The molecule has 0 radical (unpaired) electrons. The molecule has 0 atom stereocenters. The van der Waals surface area contributed by atoms with Crippen molar-refractivity contribution in [3.63, 3.8) is 0 Å². The summed E-state index contributed by atoms with van der Waals surface area (Å²) in [5.74, 6) is -0.0147. The molecule has 7 heteroatoms. The average molecular weight is 309 g/mol. The number of thioether (sulfide) groups is 1. The molecule has 0 aromatic heterocycles. The van der Waals surface area contributed by atoms with Crippen molar-refractivity contribution in [1.29, 1.82) is 0 Å². The van der Waals surface area contributed by atoms with Gasteiger partial charge in [0, 0.05) is 29.6 Å². The largest absolute Gasteiger partial charge is 0.378 e. The molecule has 3 rings (SSSR count). The lowest BCUT2D eigenvalue weighted by Gasteiger charge is -2.28. The second-order valence-corrected chi connectivity index (χ2v) is 7.32. The molecular weight excluding hydrogens is 292 g/mol. The molecule has 0 spiro atoms. The Kier molecular flexibility index (Phi) is 3.41. The molecule has 0 aliphatic carbocycles. The van der Waals surface area contributed by atoms with Gasteiger partial charge in [0.25, 0.3) is 4.92 Å². The first kappa shape index (κ1) is 14.3. The standard InChI is InChI=1S/C14H17N2O4S/c1-14(2)13(17)9-7-11(16(18)19)10(8-12(9)21-14)15-3-5-20-6-4-15/h7-8H,3-6H2,1-2H3,(H,18,19)/q+1. The van der Waals surface area contributed by atoms with E-state index in [9.17, 15) is 14.9 Å². The lowest BCUT2D eigenvalue weighted by Crippen LogP contribution is -2.36. The van der Waals surface area contributed by atoms with Gasteiger partial charge in [-0.25, -0.2) is 5.21 Å². The molecule has 0 bridgehead atoms. The van der Waals surface area contributed by atoms with Crippen LogP contribution in [0.2, 0.25) is 0 Å². The molecule has 1 aromatic carbocycles. The summed E-state index contributed by atoms with van der Waals surface area (Å²) in [6.45, 7) is 6.20. The molecular formula is C14H17N2O4S+. The minimum absolute atomic E-state index is 0.0147. The highest BCUT2D eigenvalue weighted by molar-refractivity contribution is 8.02. The first-order valence-electron chi connectivity index (χ1n) is 6.81. The lowest BCUT2D eigenvalue weighted by molar-refractivity contribution is -0.729. The van der Waals surface area contributed by atoms with Crippen molar-refractivity contribution in [2.24, 2.45) is 0 Å². The number of carbonyl (C=O) groups excluding carboxylic acids is 1. The Labute approximate surface area is 126 Å². The summed E-state index contributed by atoms with van der Waals surface area (Å²) in [7, 11) is 0. The quantitative estimate of drug-likeness (QED) is 0.846. The minimum Gasteiger partial charge on any atom is -0.378 e. The summed E-state index contributed by atoms with van der Waals surface area (Å²) in [5.41, 5.74) is 1.27. The van der Waals surface area contributed by atoms with Crippen LogP contribution < -0.4 is 4.90 Å². The van der Waals surface area contributed by atoms with Gasteiger partial charge in [-0.05, 0) is 19.9 Å². The van der Waals surface area contributed by atoms with E-state index in [0.29, 0.717) is 37.6 Å². The van der Waals surface area contributed by atoms with E-state index in [1.54, 1.807) is 0 Å². The maximum absolute atomic E-state index is 12.3. The number of nitrogens with zero attached hydrogens (tertiary/aromatic N) is 2. The number of hydrogen-bond acceptors (Lipinski definition) is 5. The van der Waals surface area contributed by atoms with E-state index in [2.05, 4.69) is 0 Å². The van der Waals surface area contributed by atoms with Crippen LogP contribution in [0.1, 0.15) is 24.2 Å². The van der Waals surface area contributed by atoms with Gasteiger partial charge in [-0.15, -0.1) is 11.8 Å². The van der Waals surface area contributed by atoms with Crippen molar-refractivity contribution in [1.82, 2.24) is 0 Å². The maximum atomic E-state index is 12.3. The first-order valence-corrected chi connectivity index (χ1v) is 7.62. The van der Waals surface area contributed by atoms with Gasteiger partial charge in [0.2, 0.25) is 0 Å². The molecule has 1 saturated heterocycles. The number of rotatable bonds is 2. The van der Waals surface area contributed by atoms with E-state index in [0.717, 1.165) is 4.90 Å². The van der Waals surface area contributed by atoms with E-state index < -0.39 is 4.75 Å². The topological polar surface area (TPSA) is 69.8 Å². The van der Waals surface area contributed by atoms with Crippen LogP contribution in [0.15, 0.2) is 17.0 Å². The third-order valence-electron chi connectivity index (χ3n) is 3.79. The van der Waals surface area contributed by atoms with Gasteiger partial charge in [0.1, 0.15) is 5.69 Å². The van der Waals surface area contributed by atoms with Gasteiger partial charge < -0.3 is 9.64 Å². The normalized spacial score (nSPS) is 20.5. The maximum Gasteiger partial charge on any atom is 0.340 e. The number of ketones is 1. The Hall–Kier alpha value is -1.60. The molecule has 21 heavy (non-hydrogen) atoms. The molecule has 2 aliphatic rings. The lowest BCUT2D eigenvalue weighted by atomic mass is 10.00. The van der Waals surface area contributed by atoms with Gasteiger partial charge >= 0.3 is 5.69 Å². The zero-order valence-electron chi connectivity index (χ0n) is 12.0. The highest BCUT2D eigenvalue weighted by atomic mass is 32.2. The fourth-order valence-corrected chi connectivity index (χ4v) is 3.86. The Bertz CT molecular complexity index is 624. The number of ether oxygens (including phenoxy) is 1. The monoisotopic (exact) mass is 309 g/mol. The van der Waals surface area contributed by atoms with Crippen molar-refractivity contribution >= 4 is 28.9 Å². The molecule has 1 N–H and O–H groups in total. The predicted molar refractivity (Wildman–Crippen MR) is 78.8 cm³/mol. The third-order valence-corrected chi connectivity index (χ3v) is 5.04. The molecule has 6 nitrogen and oxygen atoms in total. The first-order chi connectivity index (χ1) is 9.90. The van der Waals surface area contributed by atoms with E-state index in [4.69, 9.17) is 4.74 Å². The molecule has 0 amide bonds. The number of carbonyl (C=O) groups is 1. The molecule has 0 unspecified atom stereocenters. The molecule has 1 aromatic rings. The molecule has 2 aliphatic heterocycles. The second kappa shape index (κ2) is 4.99. The number of morpholine rings is 1. The van der Waals surface area contributed by atoms with Gasteiger partial charge in [-0.1, -0.05) is 0 Å². The number of fused-ring (bicyclic) bond motifs is 1. The minimum atomic E-state index is -0.535. The summed E-state index contributed by atoms with van der Waals surface area (Å²) in [5, 5.41) is 9.38. The van der Waals surface area contributed by atoms with Crippen LogP contribution in [-0.2, 0) is 4.74 Å². The van der Waals surface area contributed by atoms with Crippen LogP contribution in [0.3, 0.4) is 0 Å². The summed E-state index contributed by atoms with van der Waals surface area (Å²) in [6, 6.07) is 3.33. The molecule has 2 heterocycles. The summed E-state index contributed by atoms with van der Waals surface area (Å²) < 4.78 is 4.77. The Morgan fingerprint density at radius 3 is 2.62 bits per heavy atom. The van der Waals surface area contributed by atoms with E-state index in [1.807, 2.05) is 24.8 Å². The second-order valence-electron chi connectivity index (χ2n) is 5.65. The van der Waals surface area contributed by atoms with Crippen LogP contribution in [0.4, 0.5) is 11.4 Å². The summed E-state index contributed by atoms with van der Waals surface area (Å²) >= 11 is 1.49. The molecule has 112 valence electrons.